The number of nitrogens with one attached hydrogen (secondary N) is 1. The Bertz CT molecular complexity index is 612. The highest BCUT2D eigenvalue weighted by Gasteiger charge is 2.32. The number of carbonyl (C=O) groups is 1. The molecule has 1 unspecified atom stereocenters. The van der Waals surface area contributed by atoms with Crippen molar-refractivity contribution in [2.24, 2.45) is 5.92 Å². The van der Waals surface area contributed by atoms with Gasteiger partial charge in [0.1, 0.15) is 17.4 Å². The molecule has 3 rings (SSSR count). The normalized spacial score (nSPS) is 17.9. The van der Waals surface area contributed by atoms with Crippen LogP contribution in [0.4, 0.5) is 8.78 Å². The van der Waals surface area contributed by atoms with Crippen molar-refractivity contribution in [3.8, 4) is 0 Å². The van der Waals surface area contributed by atoms with E-state index in [0.29, 0.717) is 19.5 Å². The van der Waals surface area contributed by atoms with Gasteiger partial charge in [-0.25, -0.2) is 8.78 Å². The monoisotopic (exact) mass is 337 g/mol. The number of Topliss-reactive ketones (excluding diaryl/α,β-unsaturated/α-hetero) is 1. The molecule has 0 spiro atoms. The van der Waals surface area contributed by atoms with Gasteiger partial charge in [0.25, 0.3) is 0 Å². The second-order valence-electron chi connectivity index (χ2n) is 5.61. The summed E-state index contributed by atoms with van der Waals surface area (Å²) in [4.78, 5) is 12.3. The Balaban J connectivity index is 0.00000192. The van der Waals surface area contributed by atoms with Gasteiger partial charge in [0.05, 0.1) is 0 Å². The maximum Gasteiger partial charge on any atom is 0.139 e. The van der Waals surface area contributed by atoms with Crippen LogP contribution in [0.1, 0.15) is 23.5 Å². The molecule has 1 atom stereocenters. The topological polar surface area (TPSA) is 29.1 Å². The summed E-state index contributed by atoms with van der Waals surface area (Å²) in [6.45, 7) is 1.27. The SMILES string of the molecule is Cl.O=C1CCNCC1C(c1ccc(F)cc1)c1ccc(F)cc1. The molecule has 0 amide bonds. The van der Waals surface area contributed by atoms with Gasteiger partial charge in [-0.3, -0.25) is 4.79 Å². The maximum atomic E-state index is 13.2. The predicted molar refractivity (Wildman–Crippen MR) is 87.9 cm³/mol. The fourth-order valence-corrected chi connectivity index (χ4v) is 3.07. The zero-order valence-electron chi connectivity index (χ0n) is 12.5. The molecule has 2 aromatic rings. The van der Waals surface area contributed by atoms with Crippen LogP contribution in [0.3, 0.4) is 0 Å². The van der Waals surface area contributed by atoms with Crippen molar-refractivity contribution < 1.29 is 13.6 Å². The molecule has 2 nitrogen and oxygen atoms in total. The lowest BCUT2D eigenvalue weighted by molar-refractivity contribution is -0.124. The van der Waals surface area contributed by atoms with Gasteiger partial charge < -0.3 is 5.32 Å². The quantitative estimate of drug-likeness (QED) is 0.925. The van der Waals surface area contributed by atoms with Crippen molar-refractivity contribution in [2.75, 3.05) is 13.1 Å². The molecule has 1 aliphatic heterocycles. The number of ketones is 1. The van der Waals surface area contributed by atoms with E-state index in [2.05, 4.69) is 5.32 Å². The second-order valence-corrected chi connectivity index (χ2v) is 5.61. The Morgan fingerprint density at radius 1 is 0.913 bits per heavy atom. The standard InChI is InChI=1S/C18H17F2NO.ClH/c19-14-5-1-12(2-6-14)18(13-3-7-15(20)8-4-13)16-11-21-10-9-17(16)22;/h1-8,16,18,21H,9-11H2;1H. The van der Waals surface area contributed by atoms with Gasteiger partial charge in [-0.2, -0.15) is 0 Å². The Morgan fingerprint density at radius 2 is 1.39 bits per heavy atom. The van der Waals surface area contributed by atoms with Crippen LogP contribution in [0.25, 0.3) is 0 Å². The molecule has 1 saturated heterocycles. The third-order valence-corrected chi connectivity index (χ3v) is 4.19. The summed E-state index contributed by atoms with van der Waals surface area (Å²) < 4.78 is 26.4. The van der Waals surface area contributed by atoms with E-state index in [0.717, 1.165) is 11.1 Å². The van der Waals surface area contributed by atoms with Crippen molar-refractivity contribution in [3.63, 3.8) is 0 Å². The summed E-state index contributed by atoms with van der Waals surface area (Å²) in [6, 6.07) is 12.4. The number of benzene rings is 2. The predicted octanol–water partition coefficient (Wildman–Crippen LogP) is 3.70. The highest BCUT2D eigenvalue weighted by Crippen LogP contribution is 2.34. The van der Waals surface area contributed by atoms with Crippen molar-refractivity contribution >= 4 is 18.2 Å². The molecule has 0 saturated carbocycles. The Kier molecular flexibility index (Phi) is 5.85. The third-order valence-electron chi connectivity index (χ3n) is 4.19. The van der Waals surface area contributed by atoms with Gasteiger partial charge in [0, 0.05) is 31.3 Å². The lowest BCUT2D eigenvalue weighted by Crippen LogP contribution is -2.40. The van der Waals surface area contributed by atoms with Crippen LogP contribution in [0, 0.1) is 17.6 Å². The molecule has 0 aromatic heterocycles. The molecule has 1 heterocycles. The largest absolute Gasteiger partial charge is 0.316 e. The first-order valence-corrected chi connectivity index (χ1v) is 7.39. The van der Waals surface area contributed by atoms with Gasteiger partial charge >= 0.3 is 0 Å². The fraction of sp³-hybridized carbons (Fsp3) is 0.278. The average Bonchev–Trinajstić information content (AvgIpc) is 2.53. The van der Waals surface area contributed by atoms with Crippen LogP contribution in [0.2, 0.25) is 0 Å². The van der Waals surface area contributed by atoms with Gasteiger partial charge in [-0.15, -0.1) is 12.4 Å². The van der Waals surface area contributed by atoms with Crippen LogP contribution in [-0.4, -0.2) is 18.9 Å². The highest BCUT2D eigenvalue weighted by atomic mass is 35.5. The molecule has 1 fully saturated rings. The lowest BCUT2D eigenvalue weighted by atomic mass is 9.76. The Morgan fingerprint density at radius 3 is 1.83 bits per heavy atom. The first-order valence-electron chi connectivity index (χ1n) is 7.39. The van der Waals surface area contributed by atoms with Crippen molar-refractivity contribution in [3.05, 3.63) is 71.3 Å². The molecule has 5 heteroatoms. The molecular weight excluding hydrogens is 320 g/mol. The number of carbonyl (C=O) groups excluding carboxylic acids is 1. The zero-order valence-corrected chi connectivity index (χ0v) is 13.3. The lowest BCUT2D eigenvalue weighted by Gasteiger charge is -2.30. The smallest absolute Gasteiger partial charge is 0.139 e. The van der Waals surface area contributed by atoms with Crippen molar-refractivity contribution in [1.29, 1.82) is 0 Å². The molecule has 23 heavy (non-hydrogen) atoms. The summed E-state index contributed by atoms with van der Waals surface area (Å²) in [7, 11) is 0. The molecule has 0 bridgehead atoms. The van der Waals surface area contributed by atoms with Crippen LogP contribution in [0.5, 0.6) is 0 Å². The first kappa shape index (κ1) is 17.6. The molecule has 122 valence electrons. The molecule has 1 aliphatic rings. The minimum absolute atomic E-state index is 0. The summed E-state index contributed by atoms with van der Waals surface area (Å²) in [6.07, 6.45) is 0.490. The van der Waals surface area contributed by atoms with Crippen molar-refractivity contribution in [2.45, 2.75) is 12.3 Å². The van der Waals surface area contributed by atoms with Crippen LogP contribution < -0.4 is 5.32 Å². The number of rotatable bonds is 3. The van der Waals surface area contributed by atoms with E-state index in [1.54, 1.807) is 24.3 Å². The minimum atomic E-state index is -0.310. The number of halogens is 3. The Labute approximate surface area is 140 Å². The summed E-state index contributed by atoms with van der Waals surface area (Å²) in [5.41, 5.74) is 1.74. The van der Waals surface area contributed by atoms with Crippen molar-refractivity contribution in [1.82, 2.24) is 5.32 Å². The van der Waals surface area contributed by atoms with Gasteiger partial charge in [0.15, 0.2) is 0 Å². The summed E-state index contributed by atoms with van der Waals surface area (Å²) >= 11 is 0. The van der Waals surface area contributed by atoms with E-state index in [-0.39, 0.29) is 41.7 Å². The summed E-state index contributed by atoms with van der Waals surface area (Å²) in [5, 5.41) is 3.24. The number of piperidine rings is 1. The van der Waals surface area contributed by atoms with E-state index in [9.17, 15) is 13.6 Å². The van der Waals surface area contributed by atoms with Crippen LogP contribution in [-0.2, 0) is 4.79 Å². The minimum Gasteiger partial charge on any atom is -0.316 e. The second kappa shape index (κ2) is 7.66. The molecule has 0 aliphatic carbocycles. The maximum absolute atomic E-state index is 13.2. The average molecular weight is 338 g/mol. The molecule has 0 radical (unpaired) electrons. The zero-order chi connectivity index (χ0) is 15.5. The van der Waals surface area contributed by atoms with E-state index in [1.165, 1.54) is 24.3 Å². The van der Waals surface area contributed by atoms with E-state index in [4.69, 9.17) is 0 Å². The Hall–Kier alpha value is -1.78. The van der Waals surface area contributed by atoms with Gasteiger partial charge in [0.2, 0.25) is 0 Å². The molecule has 1 N–H and O–H groups in total. The van der Waals surface area contributed by atoms with Crippen LogP contribution >= 0.6 is 12.4 Å². The first-order chi connectivity index (χ1) is 10.6. The van der Waals surface area contributed by atoms with Gasteiger partial charge in [-0.1, -0.05) is 24.3 Å². The fourth-order valence-electron chi connectivity index (χ4n) is 3.07. The molecule has 2 aromatic carbocycles. The number of hydrogen-bond acceptors (Lipinski definition) is 2. The van der Waals surface area contributed by atoms with E-state index in [1.807, 2.05) is 0 Å². The summed E-state index contributed by atoms with van der Waals surface area (Å²) in [5.74, 6) is -0.840. The van der Waals surface area contributed by atoms with Gasteiger partial charge in [-0.05, 0) is 35.4 Å². The third kappa shape index (κ3) is 3.95. The highest BCUT2D eigenvalue weighted by molar-refractivity contribution is 5.85. The number of hydrogen-bond donors (Lipinski definition) is 1. The van der Waals surface area contributed by atoms with E-state index < -0.39 is 0 Å². The molecular formula is C18H18ClF2NO. The van der Waals surface area contributed by atoms with Crippen LogP contribution in [0.15, 0.2) is 48.5 Å². The van der Waals surface area contributed by atoms with E-state index >= 15 is 0 Å².